The summed E-state index contributed by atoms with van der Waals surface area (Å²) in [6.07, 6.45) is 1.93. The number of carboxylic acids is 1. The van der Waals surface area contributed by atoms with E-state index in [1.54, 1.807) is 17.8 Å². The lowest BCUT2D eigenvalue weighted by molar-refractivity contribution is -0.142. The third kappa shape index (κ3) is 2.90. The Labute approximate surface area is 110 Å². The number of imidazole rings is 1. The van der Waals surface area contributed by atoms with Gasteiger partial charge in [0.15, 0.2) is 0 Å². The van der Waals surface area contributed by atoms with Crippen LogP contribution < -0.4 is 5.32 Å². The molecule has 0 radical (unpaired) electrons. The number of benzene rings is 1. The minimum Gasteiger partial charge on any atom is -0.480 e. The highest BCUT2D eigenvalue weighted by Gasteiger charge is 2.17. The highest BCUT2D eigenvalue weighted by atomic mass is 16.4. The predicted molar refractivity (Wildman–Crippen MR) is 69.6 cm³/mol. The molecule has 0 saturated carbocycles. The molecule has 1 atom stereocenters. The third-order valence-electron chi connectivity index (χ3n) is 2.88. The lowest BCUT2D eigenvalue weighted by atomic mass is 10.2. The number of hydrogen-bond donors (Lipinski definition) is 2. The first kappa shape index (κ1) is 13.1. The van der Waals surface area contributed by atoms with Crippen LogP contribution in [0.25, 0.3) is 11.0 Å². The molecule has 0 fully saturated rings. The topological polar surface area (TPSA) is 84.2 Å². The molecule has 6 heteroatoms. The minimum atomic E-state index is -1.02. The van der Waals surface area contributed by atoms with Gasteiger partial charge in [0.1, 0.15) is 12.6 Å². The molecular formula is C13H15N3O3. The molecule has 0 aliphatic rings. The first-order valence-electron chi connectivity index (χ1n) is 6.04. The summed E-state index contributed by atoms with van der Waals surface area (Å²) < 4.78 is 1.69. The number of carbonyl (C=O) groups is 2. The summed E-state index contributed by atoms with van der Waals surface area (Å²) in [6, 6.07) is 6.61. The van der Waals surface area contributed by atoms with Crippen molar-refractivity contribution in [3.63, 3.8) is 0 Å². The maximum Gasteiger partial charge on any atom is 0.326 e. The lowest BCUT2D eigenvalue weighted by Gasteiger charge is -2.12. The Bertz CT molecular complexity index is 606. The summed E-state index contributed by atoms with van der Waals surface area (Å²) in [5.41, 5.74) is 1.65. The molecule has 6 nitrogen and oxygen atoms in total. The number of carboxylic acid groups (broad SMARTS) is 1. The van der Waals surface area contributed by atoms with Crippen LogP contribution in [0.15, 0.2) is 30.6 Å². The molecule has 0 spiro atoms. The quantitative estimate of drug-likeness (QED) is 0.841. The normalized spacial score (nSPS) is 12.3. The van der Waals surface area contributed by atoms with Crippen LogP contribution in [-0.2, 0) is 16.1 Å². The molecule has 0 aliphatic carbocycles. The van der Waals surface area contributed by atoms with Crippen molar-refractivity contribution in [1.82, 2.24) is 14.9 Å². The third-order valence-corrected chi connectivity index (χ3v) is 2.88. The zero-order chi connectivity index (χ0) is 13.8. The highest BCUT2D eigenvalue weighted by molar-refractivity contribution is 5.84. The van der Waals surface area contributed by atoms with Gasteiger partial charge >= 0.3 is 5.97 Å². The van der Waals surface area contributed by atoms with E-state index in [9.17, 15) is 9.59 Å². The van der Waals surface area contributed by atoms with Gasteiger partial charge in [0.05, 0.1) is 17.4 Å². The van der Waals surface area contributed by atoms with Gasteiger partial charge < -0.3 is 15.0 Å². The van der Waals surface area contributed by atoms with Crippen molar-refractivity contribution in [3.8, 4) is 0 Å². The van der Waals surface area contributed by atoms with Gasteiger partial charge in [0.25, 0.3) is 0 Å². The molecule has 1 heterocycles. The van der Waals surface area contributed by atoms with Crippen LogP contribution in [0, 0.1) is 0 Å². The Morgan fingerprint density at radius 1 is 1.42 bits per heavy atom. The Kier molecular flexibility index (Phi) is 3.79. The summed E-state index contributed by atoms with van der Waals surface area (Å²) in [4.78, 5) is 26.8. The number of nitrogens with one attached hydrogen (secondary N) is 1. The first-order chi connectivity index (χ1) is 9.11. The van der Waals surface area contributed by atoms with Crippen molar-refractivity contribution in [2.24, 2.45) is 0 Å². The van der Waals surface area contributed by atoms with Crippen LogP contribution in [0.2, 0.25) is 0 Å². The number of para-hydroxylation sites is 2. The molecular weight excluding hydrogens is 246 g/mol. The van der Waals surface area contributed by atoms with Gasteiger partial charge in [-0.25, -0.2) is 9.78 Å². The molecule has 1 aromatic heterocycles. The SMILES string of the molecule is CCC(NC(=O)Cn1cnc2ccccc21)C(=O)O. The summed E-state index contributed by atoms with van der Waals surface area (Å²) in [7, 11) is 0. The van der Waals surface area contributed by atoms with E-state index in [2.05, 4.69) is 10.3 Å². The fourth-order valence-corrected chi connectivity index (χ4v) is 1.87. The monoisotopic (exact) mass is 261 g/mol. The van der Waals surface area contributed by atoms with Crippen LogP contribution in [0.4, 0.5) is 0 Å². The number of aromatic nitrogens is 2. The van der Waals surface area contributed by atoms with E-state index >= 15 is 0 Å². The zero-order valence-electron chi connectivity index (χ0n) is 10.5. The maximum atomic E-state index is 11.8. The smallest absolute Gasteiger partial charge is 0.326 e. The average Bonchev–Trinajstić information content (AvgIpc) is 2.79. The first-order valence-corrected chi connectivity index (χ1v) is 6.04. The van der Waals surface area contributed by atoms with Crippen LogP contribution >= 0.6 is 0 Å². The molecule has 1 unspecified atom stereocenters. The molecule has 0 saturated heterocycles. The van der Waals surface area contributed by atoms with Crippen molar-refractivity contribution < 1.29 is 14.7 Å². The molecule has 1 amide bonds. The van der Waals surface area contributed by atoms with E-state index in [4.69, 9.17) is 5.11 Å². The molecule has 19 heavy (non-hydrogen) atoms. The Morgan fingerprint density at radius 3 is 2.84 bits per heavy atom. The molecule has 2 rings (SSSR count). The minimum absolute atomic E-state index is 0.0598. The average molecular weight is 261 g/mol. The molecule has 100 valence electrons. The fourth-order valence-electron chi connectivity index (χ4n) is 1.87. The van der Waals surface area contributed by atoms with E-state index in [0.717, 1.165) is 11.0 Å². The van der Waals surface area contributed by atoms with Crippen molar-refractivity contribution in [2.45, 2.75) is 25.9 Å². The van der Waals surface area contributed by atoms with Crippen LogP contribution in [0.5, 0.6) is 0 Å². The molecule has 1 aromatic carbocycles. The van der Waals surface area contributed by atoms with Crippen molar-refractivity contribution in [1.29, 1.82) is 0 Å². The largest absolute Gasteiger partial charge is 0.480 e. The van der Waals surface area contributed by atoms with Crippen molar-refractivity contribution >= 4 is 22.9 Å². The summed E-state index contributed by atoms with van der Waals surface area (Å²) >= 11 is 0. The Hall–Kier alpha value is -2.37. The van der Waals surface area contributed by atoms with Gasteiger partial charge in [-0.05, 0) is 18.6 Å². The van der Waals surface area contributed by atoms with E-state index in [1.807, 2.05) is 24.3 Å². The van der Waals surface area contributed by atoms with Crippen molar-refractivity contribution in [3.05, 3.63) is 30.6 Å². The Morgan fingerprint density at radius 2 is 2.16 bits per heavy atom. The number of rotatable bonds is 5. The number of amides is 1. The number of hydrogen-bond acceptors (Lipinski definition) is 3. The standard InChI is InChI=1S/C13H15N3O3/c1-2-9(13(18)19)15-12(17)7-16-8-14-10-5-3-4-6-11(10)16/h3-6,8-9H,2,7H2,1H3,(H,15,17)(H,18,19). The lowest BCUT2D eigenvalue weighted by Crippen LogP contribution is -2.41. The van der Waals surface area contributed by atoms with Gasteiger partial charge in [0.2, 0.25) is 5.91 Å². The van der Waals surface area contributed by atoms with Gasteiger partial charge in [-0.3, -0.25) is 4.79 Å². The van der Waals surface area contributed by atoms with Crippen LogP contribution in [0.3, 0.4) is 0 Å². The number of fused-ring (bicyclic) bond motifs is 1. The van der Waals surface area contributed by atoms with Gasteiger partial charge in [-0.15, -0.1) is 0 Å². The van der Waals surface area contributed by atoms with Gasteiger partial charge in [0, 0.05) is 0 Å². The van der Waals surface area contributed by atoms with Crippen molar-refractivity contribution in [2.75, 3.05) is 0 Å². The summed E-state index contributed by atoms with van der Waals surface area (Å²) in [5, 5.41) is 11.4. The van der Waals surface area contributed by atoms with E-state index in [-0.39, 0.29) is 12.5 Å². The predicted octanol–water partition coefficient (Wildman–Crippen LogP) is 1.02. The van der Waals surface area contributed by atoms with Gasteiger partial charge in [-0.1, -0.05) is 19.1 Å². The maximum absolute atomic E-state index is 11.8. The fraction of sp³-hybridized carbons (Fsp3) is 0.308. The highest BCUT2D eigenvalue weighted by Crippen LogP contribution is 2.11. The second-order valence-electron chi connectivity index (χ2n) is 4.23. The number of nitrogens with zero attached hydrogens (tertiary/aromatic N) is 2. The molecule has 0 aliphatic heterocycles. The molecule has 2 N–H and O–H groups in total. The Balaban J connectivity index is 2.09. The second-order valence-corrected chi connectivity index (χ2v) is 4.23. The zero-order valence-corrected chi connectivity index (χ0v) is 10.5. The summed E-state index contributed by atoms with van der Waals surface area (Å²) in [6.45, 7) is 1.77. The summed E-state index contributed by atoms with van der Waals surface area (Å²) in [5.74, 6) is -1.36. The van der Waals surface area contributed by atoms with E-state index in [1.165, 1.54) is 0 Å². The molecule has 2 aromatic rings. The van der Waals surface area contributed by atoms with Gasteiger partial charge in [-0.2, -0.15) is 0 Å². The van der Waals surface area contributed by atoms with E-state index in [0.29, 0.717) is 6.42 Å². The second kappa shape index (κ2) is 5.51. The molecule has 0 bridgehead atoms. The van der Waals surface area contributed by atoms with Crippen LogP contribution in [-0.4, -0.2) is 32.6 Å². The number of aliphatic carboxylic acids is 1. The van der Waals surface area contributed by atoms with Crippen LogP contribution in [0.1, 0.15) is 13.3 Å². The number of carbonyl (C=O) groups excluding carboxylic acids is 1. The van der Waals surface area contributed by atoms with E-state index < -0.39 is 12.0 Å².